The van der Waals surface area contributed by atoms with Crippen molar-refractivity contribution in [1.29, 1.82) is 0 Å². The van der Waals surface area contributed by atoms with Gasteiger partial charge < -0.3 is 29.7 Å². The number of benzene rings is 2. The summed E-state index contributed by atoms with van der Waals surface area (Å²) in [5.41, 5.74) is -0.854. The van der Waals surface area contributed by atoms with E-state index < -0.39 is 11.2 Å². The third-order valence-electron chi connectivity index (χ3n) is 4.23. The van der Waals surface area contributed by atoms with Crippen LogP contribution in [0.3, 0.4) is 0 Å². The van der Waals surface area contributed by atoms with E-state index in [-0.39, 0.29) is 13.2 Å². The quantitative estimate of drug-likeness (QED) is 0.205. The summed E-state index contributed by atoms with van der Waals surface area (Å²) in [5, 5.41) is 22.4. The Morgan fingerprint density at radius 1 is 0.861 bits per heavy atom. The number of methoxy groups -OCH3 is 1. The van der Waals surface area contributed by atoms with E-state index in [4.69, 9.17) is 14.2 Å². The molecule has 1 heterocycles. The molecule has 7 nitrogen and oxygen atoms in total. The fraction of sp³-hybridized carbons (Fsp3) is 0.346. The minimum atomic E-state index is -0.888. The Kier molecular flexibility index (Phi) is 11.7. The number of nitrogens with one attached hydrogen (secondary N) is 1. The van der Waals surface area contributed by atoms with Crippen molar-refractivity contribution in [2.24, 2.45) is 0 Å². The van der Waals surface area contributed by atoms with Crippen LogP contribution in [0.5, 0.6) is 17.2 Å². The highest BCUT2D eigenvalue weighted by atomic mass is 127. The van der Waals surface area contributed by atoms with Crippen molar-refractivity contribution < 1.29 is 24.4 Å². The van der Waals surface area contributed by atoms with Crippen LogP contribution in [0.15, 0.2) is 63.7 Å². The molecule has 0 aliphatic carbocycles. The monoisotopic (exact) mass is 736 g/mol. The molecule has 1 aromatic heterocycles. The Hall–Kier alpha value is -1.60. The Labute approximate surface area is 243 Å². The normalized spacial score (nSPS) is 11.3. The van der Waals surface area contributed by atoms with Crippen molar-refractivity contribution in [3.8, 4) is 17.2 Å². The van der Waals surface area contributed by atoms with Gasteiger partial charge in [0.2, 0.25) is 0 Å². The Balaban J connectivity index is 0.000000281. The minimum absolute atomic E-state index is 0.204. The summed E-state index contributed by atoms with van der Waals surface area (Å²) < 4.78 is 19.0. The predicted octanol–water partition coefficient (Wildman–Crippen LogP) is 6.95. The zero-order valence-corrected chi connectivity index (χ0v) is 26.1. The van der Waals surface area contributed by atoms with E-state index in [0.717, 1.165) is 24.0 Å². The van der Waals surface area contributed by atoms with Crippen LogP contribution in [0.4, 0.5) is 11.5 Å². The van der Waals surface area contributed by atoms with Crippen molar-refractivity contribution in [2.75, 3.05) is 25.6 Å². The first-order chi connectivity index (χ1) is 16.8. The first kappa shape index (κ1) is 30.6. The first-order valence-corrected chi connectivity index (χ1v) is 13.6. The summed E-state index contributed by atoms with van der Waals surface area (Å²) in [6.07, 6.45) is 1.65. The fourth-order valence-electron chi connectivity index (χ4n) is 2.51. The van der Waals surface area contributed by atoms with Crippen molar-refractivity contribution in [1.82, 2.24) is 4.98 Å². The number of halogens is 3. The lowest BCUT2D eigenvalue weighted by molar-refractivity contribution is 0.0279. The number of aromatic nitrogens is 1. The second-order valence-electron chi connectivity index (χ2n) is 9.13. The molecule has 0 aliphatic heterocycles. The Morgan fingerprint density at radius 2 is 1.42 bits per heavy atom. The molecule has 0 bridgehead atoms. The fourth-order valence-corrected chi connectivity index (χ4v) is 3.70. The molecule has 0 amide bonds. The lowest BCUT2D eigenvalue weighted by Gasteiger charge is -2.19. The summed E-state index contributed by atoms with van der Waals surface area (Å²) >= 11 is 9.04. The number of pyridine rings is 1. The number of nitrogens with zero attached hydrogens (tertiary/aromatic N) is 1. The van der Waals surface area contributed by atoms with Crippen LogP contribution in [0.25, 0.3) is 0 Å². The molecule has 0 unspecified atom stereocenters. The van der Waals surface area contributed by atoms with Crippen molar-refractivity contribution >= 4 is 66.0 Å². The van der Waals surface area contributed by atoms with E-state index in [1.54, 1.807) is 41.0 Å². The molecule has 3 aromatic rings. The molecule has 0 radical (unpaired) electrons. The van der Waals surface area contributed by atoms with Crippen LogP contribution in [0, 0.1) is 3.57 Å². The van der Waals surface area contributed by atoms with E-state index in [1.807, 2.05) is 48.5 Å². The molecule has 0 atom stereocenters. The average molecular weight is 738 g/mol. The van der Waals surface area contributed by atoms with Gasteiger partial charge in [-0.2, -0.15) is 0 Å². The number of anilines is 2. The molecule has 10 heteroatoms. The maximum atomic E-state index is 9.75. The largest absolute Gasteiger partial charge is 0.495 e. The van der Waals surface area contributed by atoms with Crippen LogP contribution >= 0.6 is 54.5 Å². The smallest absolute Gasteiger partial charge is 0.137 e. The molecular weight excluding hydrogens is 707 g/mol. The van der Waals surface area contributed by atoms with Crippen LogP contribution in [0.1, 0.15) is 27.7 Å². The molecule has 0 saturated heterocycles. The van der Waals surface area contributed by atoms with Crippen molar-refractivity contribution in [2.45, 2.75) is 38.9 Å². The molecule has 0 saturated carbocycles. The highest BCUT2D eigenvalue weighted by Gasteiger charge is 2.15. The van der Waals surface area contributed by atoms with Gasteiger partial charge in [-0.3, -0.25) is 0 Å². The molecule has 3 N–H and O–H groups in total. The number of hydrogen-bond acceptors (Lipinski definition) is 7. The Bertz CT molecular complexity index is 1120. The summed E-state index contributed by atoms with van der Waals surface area (Å²) in [5.74, 6) is 2.83. The Morgan fingerprint density at radius 3 is 1.92 bits per heavy atom. The van der Waals surface area contributed by atoms with E-state index >= 15 is 0 Å². The zero-order chi connectivity index (χ0) is 26.9. The molecule has 196 valence electrons. The first-order valence-electron chi connectivity index (χ1n) is 11.0. The van der Waals surface area contributed by atoms with Gasteiger partial charge in [0.15, 0.2) is 0 Å². The minimum Gasteiger partial charge on any atom is -0.495 e. The number of rotatable bonds is 9. The molecule has 0 aliphatic rings. The standard InChI is InChI=1S/C16H19BrN2O3.C10H12BrIO2/c1-16(2,20)10-22-14-8-11(4-6-13(14)17)19-15-7-5-12(21-3)9-18-15;1-10(2,13)6-14-9-5-7(12)3-4-8(9)11/h4-9,20H,10H2,1-3H3,(H,18,19);3-5,13H,6H2,1-2H3. The van der Waals surface area contributed by atoms with Gasteiger partial charge in [0.25, 0.3) is 0 Å². The topological polar surface area (TPSA) is 93.1 Å². The van der Waals surface area contributed by atoms with Crippen LogP contribution < -0.4 is 19.5 Å². The van der Waals surface area contributed by atoms with Gasteiger partial charge in [-0.05, 0) is 125 Å². The van der Waals surface area contributed by atoms with Crippen molar-refractivity contribution in [3.63, 3.8) is 0 Å². The highest BCUT2D eigenvalue weighted by molar-refractivity contribution is 14.1. The van der Waals surface area contributed by atoms with Gasteiger partial charge in [-0.15, -0.1) is 0 Å². The van der Waals surface area contributed by atoms with Gasteiger partial charge >= 0.3 is 0 Å². The summed E-state index contributed by atoms with van der Waals surface area (Å²) in [4.78, 5) is 4.25. The second kappa shape index (κ2) is 13.8. The van der Waals surface area contributed by atoms with E-state index in [0.29, 0.717) is 17.3 Å². The summed E-state index contributed by atoms with van der Waals surface area (Å²) in [7, 11) is 1.60. The number of hydrogen-bond donors (Lipinski definition) is 3. The molecule has 0 spiro atoms. The van der Waals surface area contributed by atoms with Gasteiger partial charge in [0.1, 0.15) is 36.3 Å². The summed E-state index contributed by atoms with van der Waals surface area (Å²) in [6.45, 7) is 7.32. The zero-order valence-electron chi connectivity index (χ0n) is 20.8. The number of aliphatic hydroxyl groups is 2. The maximum absolute atomic E-state index is 9.75. The van der Waals surface area contributed by atoms with Crippen LogP contribution in [0.2, 0.25) is 0 Å². The second-order valence-corrected chi connectivity index (χ2v) is 12.1. The van der Waals surface area contributed by atoms with Crippen LogP contribution in [-0.2, 0) is 0 Å². The van der Waals surface area contributed by atoms with Gasteiger partial charge in [-0.1, -0.05) is 0 Å². The van der Waals surface area contributed by atoms with Crippen molar-refractivity contribution in [3.05, 3.63) is 67.2 Å². The lowest BCUT2D eigenvalue weighted by atomic mass is 10.2. The maximum Gasteiger partial charge on any atom is 0.137 e. The SMILES string of the molecule is CC(C)(O)COc1cc(I)ccc1Br.COc1ccc(Nc2ccc(Br)c(OCC(C)(C)O)c2)nc1. The van der Waals surface area contributed by atoms with E-state index in [9.17, 15) is 10.2 Å². The molecule has 36 heavy (non-hydrogen) atoms. The number of ether oxygens (including phenoxy) is 3. The van der Waals surface area contributed by atoms with E-state index in [1.165, 1.54) is 0 Å². The summed E-state index contributed by atoms with van der Waals surface area (Å²) in [6, 6.07) is 15.2. The van der Waals surface area contributed by atoms with Gasteiger partial charge in [0, 0.05) is 15.3 Å². The van der Waals surface area contributed by atoms with Gasteiger partial charge in [0.05, 0.1) is 33.5 Å². The molecule has 2 aromatic carbocycles. The average Bonchev–Trinajstić information content (AvgIpc) is 2.80. The third-order valence-corrected chi connectivity index (χ3v) is 6.21. The molecule has 0 fully saturated rings. The van der Waals surface area contributed by atoms with Gasteiger partial charge in [-0.25, -0.2) is 4.98 Å². The predicted molar refractivity (Wildman–Crippen MR) is 159 cm³/mol. The third kappa shape index (κ3) is 11.6. The molecular formula is C26H31Br2IN2O5. The molecule has 3 rings (SSSR count). The highest BCUT2D eigenvalue weighted by Crippen LogP contribution is 2.30. The van der Waals surface area contributed by atoms with E-state index in [2.05, 4.69) is 64.8 Å². The van der Waals surface area contributed by atoms with Crippen LogP contribution in [-0.4, -0.2) is 46.7 Å². The lowest BCUT2D eigenvalue weighted by Crippen LogP contribution is -2.27.